The fourth-order valence-corrected chi connectivity index (χ4v) is 0.842. The van der Waals surface area contributed by atoms with Crippen LogP contribution in [0.4, 0.5) is 0 Å². The average Bonchev–Trinajstić information content (AvgIpc) is 2.37. The summed E-state index contributed by atoms with van der Waals surface area (Å²) in [6.07, 6.45) is 8.80. The largest absolute Gasteiger partial charge is 0.330 e. The Kier molecular flexibility index (Phi) is 2.86. The molecule has 0 bridgehead atoms. The molecule has 1 aromatic heterocycles. The number of rotatable bonds is 3. The molecule has 1 aromatic rings. The molecule has 0 fully saturated rings. The summed E-state index contributed by atoms with van der Waals surface area (Å²) >= 11 is 0. The summed E-state index contributed by atoms with van der Waals surface area (Å²) in [7, 11) is 1.90. The van der Waals surface area contributed by atoms with Crippen LogP contribution >= 0.6 is 0 Å². The van der Waals surface area contributed by atoms with Crippen molar-refractivity contribution in [1.29, 1.82) is 0 Å². The van der Waals surface area contributed by atoms with Crippen LogP contribution in [0.2, 0.25) is 0 Å². The molecule has 0 radical (unpaired) electrons. The van der Waals surface area contributed by atoms with Gasteiger partial charge in [-0.05, 0) is 13.0 Å². The van der Waals surface area contributed by atoms with E-state index in [1.165, 1.54) is 0 Å². The molecule has 0 amide bonds. The number of nitrogens with zero attached hydrogens (tertiary/aromatic N) is 2. The van der Waals surface area contributed by atoms with Crippen LogP contribution in [0.15, 0.2) is 18.5 Å². The van der Waals surface area contributed by atoms with Crippen LogP contribution in [-0.4, -0.2) is 16.3 Å². The van der Waals surface area contributed by atoms with Crippen molar-refractivity contribution < 1.29 is 0 Å². The maximum atomic E-state index is 5.33. The Balaban J connectivity index is 2.50. The zero-order chi connectivity index (χ0) is 8.10. The van der Waals surface area contributed by atoms with E-state index in [1.54, 1.807) is 4.68 Å². The Labute approximate surface area is 66.5 Å². The highest BCUT2D eigenvalue weighted by Crippen LogP contribution is 1.99. The normalized spacial score (nSPS) is 11.1. The van der Waals surface area contributed by atoms with Crippen LogP contribution in [0.25, 0.3) is 6.08 Å². The maximum absolute atomic E-state index is 5.33. The Hall–Kier alpha value is -1.09. The lowest BCUT2D eigenvalue weighted by atomic mass is 10.3. The molecule has 1 heterocycles. The van der Waals surface area contributed by atoms with Crippen LogP contribution in [0.1, 0.15) is 12.0 Å². The molecule has 0 atom stereocenters. The summed E-state index contributed by atoms with van der Waals surface area (Å²) in [5.41, 5.74) is 6.45. The lowest BCUT2D eigenvalue weighted by molar-refractivity contribution is 0.767. The van der Waals surface area contributed by atoms with Crippen molar-refractivity contribution in [2.75, 3.05) is 6.54 Å². The third kappa shape index (κ3) is 2.55. The van der Waals surface area contributed by atoms with Gasteiger partial charge in [-0.1, -0.05) is 12.2 Å². The maximum Gasteiger partial charge on any atom is 0.0562 e. The molecule has 0 saturated carbocycles. The van der Waals surface area contributed by atoms with Gasteiger partial charge >= 0.3 is 0 Å². The van der Waals surface area contributed by atoms with Gasteiger partial charge in [-0.2, -0.15) is 5.10 Å². The average molecular weight is 151 g/mol. The van der Waals surface area contributed by atoms with Gasteiger partial charge in [0, 0.05) is 18.8 Å². The van der Waals surface area contributed by atoms with Crippen LogP contribution < -0.4 is 5.73 Å². The van der Waals surface area contributed by atoms with E-state index in [9.17, 15) is 0 Å². The molecule has 0 unspecified atom stereocenters. The van der Waals surface area contributed by atoms with Gasteiger partial charge in [-0.25, -0.2) is 0 Å². The zero-order valence-electron chi connectivity index (χ0n) is 6.70. The fraction of sp³-hybridized carbons (Fsp3) is 0.375. The predicted octanol–water partition coefficient (Wildman–Crippen LogP) is 0.782. The monoisotopic (exact) mass is 151 g/mol. The third-order valence-corrected chi connectivity index (χ3v) is 1.37. The molecule has 3 nitrogen and oxygen atoms in total. The third-order valence-electron chi connectivity index (χ3n) is 1.37. The van der Waals surface area contributed by atoms with Crippen LogP contribution in [-0.2, 0) is 7.05 Å². The molecule has 0 saturated heterocycles. The van der Waals surface area contributed by atoms with Crippen molar-refractivity contribution >= 4 is 6.08 Å². The van der Waals surface area contributed by atoms with Gasteiger partial charge in [0.15, 0.2) is 0 Å². The molecule has 0 aromatic carbocycles. The van der Waals surface area contributed by atoms with Gasteiger partial charge in [0.25, 0.3) is 0 Å². The lowest BCUT2D eigenvalue weighted by Gasteiger charge is -1.84. The quantitative estimate of drug-likeness (QED) is 0.693. The number of nitrogens with two attached hydrogens (primary N) is 1. The van der Waals surface area contributed by atoms with E-state index in [0.29, 0.717) is 6.54 Å². The molecule has 1 rings (SSSR count). The molecule has 11 heavy (non-hydrogen) atoms. The van der Waals surface area contributed by atoms with Crippen molar-refractivity contribution in [1.82, 2.24) is 9.78 Å². The van der Waals surface area contributed by atoms with Gasteiger partial charge in [0.1, 0.15) is 0 Å². The minimum Gasteiger partial charge on any atom is -0.330 e. The van der Waals surface area contributed by atoms with E-state index in [2.05, 4.69) is 11.2 Å². The van der Waals surface area contributed by atoms with E-state index in [-0.39, 0.29) is 0 Å². The zero-order valence-corrected chi connectivity index (χ0v) is 6.70. The van der Waals surface area contributed by atoms with Crippen LogP contribution in [0, 0.1) is 0 Å². The Morgan fingerprint density at radius 3 is 3.09 bits per heavy atom. The second-order valence-corrected chi connectivity index (χ2v) is 2.43. The van der Waals surface area contributed by atoms with Gasteiger partial charge in [0.2, 0.25) is 0 Å². The highest BCUT2D eigenvalue weighted by molar-refractivity contribution is 5.46. The molecule has 0 aliphatic heterocycles. The first kappa shape index (κ1) is 8.01. The van der Waals surface area contributed by atoms with Crippen LogP contribution in [0.5, 0.6) is 0 Å². The van der Waals surface area contributed by atoms with Crippen molar-refractivity contribution in [3.05, 3.63) is 24.0 Å². The van der Waals surface area contributed by atoms with Gasteiger partial charge < -0.3 is 5.73 Å². The predicted molar refractivity (Wildman–Crippen MR) is 45.9 cm³/mol. The summed E-state index contributed by atoms with van der Waals surface area (Å²) in [4.78, 5) is 0. The van der Waals surface area contributed by atoms with Crippen LogP contribution in [0.3, 0.4) is 0 Å². The summed E-state index contributed by atoms with van der Waals surface area (Å²) < 4.78 is 1.78. The smallest absolute Gasteiger partial charge is 0.0562 e. The van der Waals surface area contributed by atoms with E-state index < -0.39 is 0 Å². The van der Waals surface area contributed by atoms with Crippen molar-refractivity contribution in [2.45, 2.75) is 6.42 Å². The summed E-state index contributed by atoms with van der Waals surface area (Å²) in [5.74, 6) is 0. The molecule has 0 spiro atoms. The number of aromatic nitrogens is 2. The Morgan fingerprint density at radius 2 is 2.55 bits per heavy atom. The van der Waals surface area contributed by atoms with Gasteiger partial charge in [-0.3, -0.25) is 4.68 Å². The molecule has 2 N–H and O–H groups in total. The van der Waals surface area contributed by atoms with E-state index in [4.69, 9.17) is 5.73 Å². The summed E-state index contributed by atoms with van der Waals surface area (Å²) in [6, 6.07) is 0. The van der Waals surface area contributed by atoms with Crippen molar-refractivity contribution in [3.63, 3.8) is 0 Å². The standard InChI is InChI=1S/C8H13N3/c1-11-7-8(6-10-11)4-2-3-5-9/h2,4,6-7H,3,5,9H2,1H3. The highest BCUT2D eigenvalue weighted by atomic mass is 15.2. The SMILES string of the molecule is Cn1cc(C=CCCN)cn1. The minimum atomic E-state index is 0.705. The minimum absolute atomic E-state index is 0.705. The topological polar surface area (TPSA) is 43.8 Å². The first-order valence-corrected chi connectivity index (χ1v) is 3.68. The number of hydrogen-bond acceptors (Lipinski definition) is 2. The Bertz CT molecular complexity index is 237. The van der Waals surface area contributed by atoms with Crippen molar-refractivity contribution in [2.24, 2.45) is 12.8 Å². The number of aryl methyl sites for hydroxylation is 1. The molecule has 60 valence electrons. The van der Waals surface area contributed by atoms with Crippen molar-refractivity contribution in [3.8, 4) is 0 Å². The van der Waals surface area contributed by atoms with E-state index in [0.717, 1.165) is 12.0 Å². The molecular formula is C8H13N3. The molecule has 3 heteroatoms. The van der Waals surface area contributed by atoms with Gasteiger partial charge in [0.05, 0.1) is 6.20 Å². The fourth-order valence-electron chi connectivity index (χ4n) is 0.842. The Morgan fingerprint density at radius 1 is 1.73 bits per heavy atom. The van der Waals surface area contributed by atoms with E-state index >= 15 is 0 Å². The highest BCUT2D eigenvalue weighted by Gasteiger charge is 1.87. The van der Waals surface area contributed by atoms with E-state index in [1.807, 2.05) is 25.5 Å². The number of hydrogen-bond donors (Lipinski definition) is 1. The first-order valence-electron chi connectivity index (χ1n) is 3.68. The lowest BCUT2D eigenvalue weighted by Crippen LogP contribution is -1.94. The molecule has 0 aliphatic rings. The second-order valence-electron chi connectivity index (χ2n) is 2.43. The molecular weight excluding hydrogens is 138 g/mol. The van der Waals surface area contributed by atoms with Gasteiger partial charge in [-0.15, -0.1) is 0 Å². The summed E-state index contributed by atoms with van der Waals surface area (Å²) in [5, 5.41) is 4.03. The molecule has 0 aliphatic carbocycles. The summed E-state index contributed by atoms with van der Waals surface area (Å²) in [6.45, 7) is 0.705. The second kappa shape index (κ2) is 3.93. The first-order chi connectivity index (χ1) is 5.33.